The van der Waals surface area contributed by atoms with Gasteiger partial charge in [0.15, 0.2) is 0 Å². The molecule has 0 saturated heterocycles. The number of carbonyl (C=O) groups excluding carboxylic acids is 1. The predicted octanol–water partition coefficient (Wildman–Crippen LogP) is 4.06. The van der Waals surface area contributed by atoms with E-state index in [1.165, 1.54) is 0 Å². The average molecular weight is 317 g/mol. The molecule has 0 saturated carbocycles. The lowest BCUT2D eigenvalue weighted by molar-refractivity contribution is 0.0940. The van der Waals surface area contributed by atoms with Crippen molar-refractivity contribution < 1.29 is 4.79 Å². The molecular formula is C20H19N3O. The zero-order valence-electron chi connectivity index (χ0n) is 13.5. The van der Waals surface area contributed by atoms with Gasteiger partial charge in [-0.05, 0) is 18.6 Å². The highest BCUT2D eigenvalue weighted by Crippen LogP contribution is 2.24. The molecule has 0 aliphatic carbocycles. The molecule has 1 aromatic heterocycles. The fourth-order valence-electron chi connectivity index (χ4n) is 2.42. The van der Waals surface area contributed by atoms with Crippen LogP contribution in [-0.2, 0) is 0 Å². The summed E-state index contributed by atoms with van der Waals surface area (Å²) in [5.74, 6) is -0.208. The number of fused-ring (bicyclic) bond motifs is 1. The third-order valence-electron chi connectivity index (χ3n) is 3.81. The number of rotatable bonds is 5. The number of para-hydroxylation sites is 1. The van der Waals surface area contributed by atoms with E-state index in [2.05, 4.69) is 22.4 Å². The number of aromatic nitrogens is 1. The first-order valence-electron chi connectivity index (χ1n) is 7.88. The van der Waals surface area contributed by atoms with Gasteiger partial charge >= 0.3 is 0 Å². The van der Waals surface area contributed by atoms with Crippen molar-refractivity contribution in [2.45, 2.75) is 13.3 Å². The van der Waals surface area contributed by atoms with Crippen molar-refractivity contribution >= 4 is 16.8 Å². The van der Waals surface area contributed by atoms with Gasteiger partial charge in [0.1, 0.15) is 0 Å². The van der Waals surface area contributed by atoms with E-state index in [1.807, 2.05) is 67.6 Å². The minimum Gasteiger partial charge on any atom is -0.303 e. The topological polar surface area (TPSA) is 54.0 Å². The van der Waals surface area contributed by atoms with Gasteiger partial charge in [-0.1, -0.05) is 62.0 Å². The van der Waals surface area contributed by atoms with Crippen molar-refractivity contribution in [1.29, 1.82) is 0 Å². The Hall–Kier alpha value is -3.14. The molecule has 120 valence electrons. The first kappa shape index (κ1) is 15.7. The van der Waals surface area contributed by atoms with Gasteiger partial charge < -0.3 is 5.43 Å². The van der Waals surface area contributed by atoms with Gasteiger partial charge in [0.2, 0.25) is 0 Å². The molecular weight excluding hydrogens is 298 g/mol. The molecule has 3 aromatic rings. The number of hydrogen-bond donors (Lipinski definition) is 2. The molecule has 2 N–H and O–H groups in total. The third-order valence-corrected chi connectivity index (χ3v) is 3.81. The normalized spacial score (nSPS) is 10.4. The van der Waals surface area contributed by atoms with E-state index in [0.29, 0.717) is 5.56 Å². The number of carbonyl (C=O) groups is 1. The van der Waals surface area contributed by atoms with Crippen LogP contribution in [0.4, 0.5) is 0 Å². The Labute approximate surface area is 141 Å². The molecule has 0 aliphatic rings. The van der Waals surface area contributed by atoms with Crippen LogP contribution < -0.4 is 10.9 Å². The molecule has 0 aliphatic heterocycles. The zero-order chi connectivity index (χ0) is 16.9. The lowest BCUT2D eigenvalue weighted by atomic mass is 10.0. The summed E-state index contributed by atoms with van der Waals surface area (Å²) in [7, 11) is 0. The molecule has 0 atom stereocenters. The molecule has 0 radical (unpaired) electrons. The van der Waals surface area contributed by atoms with Gasteiger partial charge in [-0.15, -0.1) is 0 Å². The van der Waals surface area contributed by atoms with Crippen LogP contribution in [0.5, 0.6) is 0 Å². The van der Waals surface area contributed by atoms with Crippen LogP contribution in [0.3, 0.4) is 0 Å². The van der Waals surface area contributed by atoms with Crippen molar-refractivity contribution in [3.8, 4) is 11.3 Å². The predicted molar refractivity (Wildman–Crippen MR) is 97.2 cm³/mol. The van der Waals surface area contributed by atoms with Crippen molar-refractivity contribution in [1.82, 2.24) is 15.8 Å². The van der Waals surface area contributed by atoms with Gasteiger partial charge in [-0.2, -0.15) is 0 Å². The summed E-state index contributed by atoms with van der Waals surface area (Å²) in [6.45, 7) is 5.80. The summed E-state index contributed by atoms with van der Waals surface area (Å²) >= 11 is 0. The Bertz CT molecular complexity index is 888. The van der Waals surface area contributed by atoms with E-state index >= 15 is 0 Å². The van der Waals surface area contributed by atoms with Crippen LogP contribution in [0.15, 0.2) is 72.9 Å². The molecule has 1 amide bonds. The smallest absolute Gasteiger partial charge is 0.270 e. The number of nitrogens with zero attached hydrogens (tertiary/aromatic N) is 1. The molecule has 4 nitrogen and oxygen atoms in total. The Morgan fingerprint density at radius 2 is 1.75 bits per heavy atom. The lowest BCUT2D eigenvalue weighted by Crippen LogP contribution is -2.36. The number of amides is 1. The van der Waals surface area contributed by atoms with Gasteiger partial charge in [0.05, 0.1) is 16.8 Å². The first-order chi connectivity index (χ1) is 11.7. The van der Waals surface area contributed by atoms with Gasteiger partial charge in [0, 0.05) is 16.6 Å². The minimum atomic E-state index is -0.208. The van der Waals surface area contributed by atoms with Crippen LogP contribution in [0.2, 0.25) is 0 Å². The molecule has 0 unspecified atom stereocenters. The fourth-order valence-corrected chi connectivity index (χ4v) is 2.42. The quantitative estimate of drug-likeness (QED) is 0.698. The van der Waals surface area contributed by atoms with Crippen molar-refractivity contribution in [3.63, 3.8) is 0 Å². The molecule has 0 fully saturated rings. The van der Waals surface area contributed by atoms with Crippen LogP contribution >= 0.6 is 0 Å². The second-order valence-corrected chi connectivity index (χ2v) is 5.47. The summed E-state index contributed by atoms with van der Waals surface area (Å²) in [6.07, 6.45) is 0.743. The number of allylic oxidation sites excluding steroid dienone is 1. The van der Waals surface area contributed by atoms with Gasteiger partial charge in [0.25, 0.3) is 5.91 Å². The maximum Gasteiger partial charge on any atom is 0.270 e. The molecule has 0 spiro atoms. The van der Waals surface area contributed by atoms with E-state index in [4.69, 9.17) is 0 Å². The molecule has 4 heteroatoms. The highest BCUT2D eigenvalue weighted by molar-refractivity contribution is 6.07. The first-order valence-corrected chi connectivity index (χ1v) is 7.88. The molecule has 2 aromatic carbocycles. The third kappa shape index (κ3) is 3.27. The van der Waals surface area contributed by atoms with E-state index < -0.39 is 0 Å². The van der Waals surface area contributed by atoms with Crippen LogP contribution in [0.25, 0.3) is 22.2 Å². The van der Waals surface area contributed by atoms with Gasteiger partial charge in [-0.25, -0.2) is 4.98 Å². The Balaban J connectivity index is 2.05. The number of hydrazine groups is 1. The summed E-state index contributed by atoms with van der Waals surface area (Å²) < 4.78 is 0. The monoisotopic (exact) mass is 317 g/mol. The number of hydrogen-bond acceptors (Lipinski definition) is 3. The highest BCUT2D eigenvalue weighted by Gasteiger charge is 2.13. The average Bonchev–Trinajstić information content (AvgIpc) is 2.65. The standard InChI is InChI=1S/C20H19N3O/c1-3-14(2)22-23-20(24)17-13-19(15-9-5-4-6-10-15)21-18-12-8-7-11-16(17)18/h4-13,22H,2-3H2,1H3,(H,23,24). The summed E-state index contributed by atoms with van der Waals surface area (Å²) in [4.78, 5) is 17.3. The largest absolute Gasteiger partial charge is 0.303 e. The van der Waals surface area contributed by atoms with Gasteiger partial charge in [-0.3, -0.25) is 10.2 Å². The molecule has 24 heavy (non-hydrogen) atoms. The summed E-state index contributed by atoms with van der Waals surface area (Å²) in [5.41, 5.74) is 9.42. The summed E-state index contributed by atoms with van der Waals surface area (Å²) in [5, 5.41) is 0.818. The van der Waals surface area contributed by atoms with Crippen molar-refractivity contribution in [2.75, 3.05) is 0 Å². The van der Waals surface area contributed by atoms with E-state index in [0.717, 1.165) is 34.3 Å². The molecule has 1 heterocycles. The van der Waals surface area contributed by atoms with Crippen molar-refractivity contribution in [2.24, 2.45) is 0 Å². The van der Waals surface area contributed by atoms with Crippen LogP contribution in [0, 0.1) is 0 Å². The van der Waals surface area contributed by atoms with Crippen LogP contribution in [0.1, 0.15) is 23.7 Å². The Morgan fingerprint density at radius 1 is 1.04 bits per heavy atom. The van der Waals surface area contributed by atoms with E-state index in [9.17, 15) is 4.79 Å². The minimum absolute atomic E-state index is 0.208. The maximum atomic E-state index is 12.6. The fraction of sp³-hybridized carbons (Fsp3) is 0.100. The van der Waals surface area contributed by atoms with Crippen molar-refractivity contribution in [3.05, 3.63) is 78.5 Å². The lowest BCUT2D eigenvalue weighted by Gasteiger charge is -2.12. The number of nitrogens with one attached hydrogen (secondary N) is 2. The highest BCUT2D eigenvalue weighted by atomic mass is 16.2. The zero-order valence-corrected chi connectivity index (χ0v) is 13.5. The van der Waals surface area contributed by atoms with E-state index in [1.54, 1.807) is 0 Å². The maximum absolute atomic E-state index is 12.6. The SMILES string of the molecule is C=C(CC)NNC(=O)c1cc(-c2ccccc2)nc2ccccc12. The summed E-state index contributed by atoms with van der Waals surface area (Å²) in [6, 6.07) is 19.3. The van der Waals surface area contributed by atoms with Crippen LogP contribution in [-0.4, -0.2) is 10.9 Å². The Morgan fingerprint density at radius 3 is 2.50 bits per heavy atom. The molecule has 3 rings (SSSR count). The molecule has 0 bridgehead atoms. The van der Waals surface area contributed by atoms with E-state index in [-0.39, 0.29) is 5.91 Å². The number of pyridine rings is 1. The second kappa shape index (κ2) is 6.96. The Kier molecular flexibility index (Phi) is 4.57. The second-order valence-electron chi connectivity index (χ2n) is 5.47. The number of benzene rings is 2.